The van der Waals surface area contributed by atoms with Crippen LogP contribution in [0.1, 0.15) is 24.2 Å². The Morgan fingerprint density at radius 1 is 1.27 bits per heavy atom. The number of amides is 2. The first-order valence-electron chi connectivity index (χ1n) is 6.79. The summed E-state index contributed by atoms with van der Waals surface area (Å²) in [5.41, 5.74) is 0.353. The van der Waals surface area contributed by atoms with E-state index >= 15 is 0 Å². The maximum absolute atomic E-state index is 11.9. The predicted octanol–water partition coefficient (Wildman–Crippen LogP) is 0.650. The maximum Gasteiger partial charge on any atom is 0.326 e. The van der Waals surface area contributed by atoms with E-state index in [1.165, 1.54) is 7.11 Å². The van der Waals surface area contributed by atoms with Gasteiger partial charge in [0.1, 0.15) is 11.8 Å². The van der Waals surface area contributed by atoms with Crippen molar-refractivity contribution in [2.45, 2.75) is 19.9 Å². The standard InChI is InChI=1S/C15H20N2O5/c1-9(2)13(15(20)21)17-12(18)8-16-14(19)10-5-4-6-11(7-10)22-3/h4-7,9,13H,8H2,1-3H3,(H,16,19)(H,17,18)(H,20,21)/t13-/m0/s1. The molecule has 1 aromatic rings. The van der Waals surface area contributed by atoms with Gasteiger partial charge in [-0.25, -0.2) is 4.79 Å². The van der Waals surface area contributed by atoms with Gasteiger partial charge in [0, 0.05) is 5.56 Å². The second-order valence-corrected chi connectivity index (χ2v) is 5.04. The summed E-state index contributed by atoms with van der Waals surface area (Å²) in [4.78, 5) is 34.6. The van der Waals surface area contributed by atoms with Crippen LogP contribution in [0.5, 0.6) is 5.75 Å². The summed E-state index contributed by atoms with van der Waals surface area (Å²) in [7, 11) is 1.49. The van der Waals surface area contributed by atoms with E-state index in [4.69, 9.17) is 9.84 Å². The largest absolute Gasteiger partial charge is 0.497 e. The SMILES string of the molecule is COc1cccc(C(=O)NCC(=O)N[C@H](C(=O)O)C(C)C)c1. The van der Waals surface area contributed by atoms with E-state index in [2.05, 4.69) is 10.6 Å². The monoisotopic (exact) mass is 308 g/mol. The molecular weight excluding hydrogens is 288 g/mol. The molecule has 0 heterocycles. The van der Waals surface area contributed by atoms with E-state index in [0.29, 0.717) is 11.3 Å². The lowest BCUT2D eigenvalue weighted by molar-refractivity contribution is -0.142. The summed E-state index contributed by atoms with van der Waals surface area (Å²) in [6, 6.07) is 5.50. The highest BCUT2D eigenvalue weighted by molar-refractivity contribution is 5.97. The Hall–Kier alpha value is -2.57. The average molecular weight is 308 g/mol. The fraction of sp³-hybridized carbons (Fsp3) is 0.400. The van der Waals surface area contributed by atoms with Gasteiger partial charge < -0.3 is 20.5 Å². The minimum Gasteiger partial charge on any atom is -0.497 e. The second kappa shape index (κ2) is 8.02. The highest BCUT2D eigenvalue weighted by Crippen LogP contribution is 2.12. The maximum atomic E-state index is 11.9. The van der Waals surface area contributed by atoms with Crippen LogP contribution in [0.15, 0.2) is 24.3 Å². The molecule has 0 saturated carbocycles. The Morgan fingerprint density at radius 2 is 1.95 bits per heavy atom. The Morgan fingerprint density at radius 3 is 2.50 bits per heavy atom. The summed E-state index contributed by atoms with van der Waals surface area (Å²) in [5.74, 6) is -1.83. The average Bonchev–Trinajstić information content (AvgIpc) is 2.49. The number of carboxylic acids is 1. The van der Waals surface area contributed by atoms with Crippen molar-refractivity contribution in [3.8, 4) is 5.75 Å². The molecule has 120 valence electrons. The summed E-state index contributed by atoms with van der Waals surface area (Å²) >= 11 is 0. The number of hydrogen-bond acceptors (Lipinski definition) is 4. The van der Waals surface area contributed by atoms with E-state index in [-0.39, 0.29) is 12.5 Å². The van der Waals surface area contributed by atoms with Gasteiger partial charge in [-0.2, -0.15) is 0 Å². The van der Waals surface area contributed by atoms with E-state index in [1.54, 1.807) is 38.1 Å². The van der Waals surface area contributed by atoms with Gasteiger partial charge in [-0.05, 0) is 24.1 Å². The molecule has 3 N–H and O–H groups in total. The van der Waals surface area contributed by atoms with Crippen molar-refractivity contribution in [1.82, 2.24) is 10.6 Å². The van der Waals surface area contributed by atoms with Gasteiger partial charge in [0.25, 0.3) is 5.91 Å². The third-order valence-electron chi connectivity index (χ3n) is 2.99. The van der Waals surface area contributed by atoms with Crippen LogP contribution in [0.4, 0.5) is 0 Å². The van der Waals surface area contributed by atoms with Gasteiger partial charge in [0.15, 0.2) is 0 Å². The molecular formula is C15H20N2O5. The molecule has 0 bridgehead atoms. The van der Waals surface area contributed by atoms with Crippen LogP contribution in [-0.2, 0) is 9.59 Å². The summed E-state index contributed by atoms with van der Waals surface area (Å²) in [5, 5.41) is 13.8. The molecule has 0 aliphatic heterocycles. The van der Waals surface area contributed by atoms with Gasteiger partial charge in [-0.3, -0.25) is 9.59 Å². The topological polar surface area (TPSA) is 105 Å². The first-order valence-corrected chi connectivity index (χ1v) is 6.79. The van der Waals surface area contributed by atoms with Gasteiger partial charge in [-0.1, -0.05) is 19.9 Å². The molecule has 0 radical (unpaired) electrons. The first kappa shape index (κ1) is 17.5. The molecule has 0 aliphatic rings. The molecule has 7 heteroatoms. The zero-order chi connectivity index (χ0) is 16.7. The fourth-order valence-corrected chi connectivity index (χ4v) is 1.76. The molecule has 0 fully saturated rings. The van der Waals surface area contributed by atoms with Gasteiger partial charge in [0.05, 0.1) is 13.7 Å². The number of carbonyl (C=O) groups excluding carboxylic acids is 2. The van der Waals surface area contributed by atoms with Crippen LogP contribution in [-0.4, -0.2) is 42.6 Å². The Labute approximate surface area is 128 Å². The van der Waals surface area contributed by atoms with E-state index < -0.39 is 23.8 Å². The first-order chi connectivity index (χ1) is 10.3. The smallest absolute Gasteiger partial charge is 0.326 e. The van der Waals surface area contributed by atoms with Crippen molar-refractivity contribution in [1.29, 1.82) is 0 Å². The number of hydrogen-bond donors (Lipinski definition) is 3. The highest BCUT2D eigenvalue weighted by atomic mass is 16.5. The van der Waals surface area contributed by atoms with E-state index in [0.717, 1.165) is 0 Å². The van der Waals surface area contributed by atoms with Gasteiger partial charge in [0.2, 0.25) is 5.91 Å². The predicted molar refractivity (Wildman–Crippen MR) is 79.7 cm³/mol. The normalized spacial score (nSPS) is 11.6. The molecule has 1 rings (SSSR count). The summed E-state index contributed by atoms with van der Waals surface area (Å²) in [6.07, 6.45) is 0. The minimum atomic E-state index is -1.11. The highest BCUT2D eigenvalue weighted by Gasteiger charge is 2.23. The Balaban J connectivity index is 2.56. The van der Waals surface area contributed by atoms with Crippen molar-refractivity contribution < 1.29 is 24.2 Å². The number of ether oxygens (including phenoxy) is 1. The second-order valence-electron chi connectivity index (χ2n) is 5.04. The third-order valence-corrected chi connectivity index (χ3v) is 2.99. The molecule has 0 unspecified atom stereocenters. The number of carboxylic acid groups (broad SMARTS) is 1. The van der Waals surface area contributed by atoms with Crippen LogP contribution in [0, 0.1) is 5.92 Å². The van der Waals surface area contributed by atoms with Crippen LogP contribution in [0.2, 0.25) is 0 Å². The number of aliphatic carboxylic acids is 1. The minimum absolute atomic E-state index is 0.254. The van der Waals surface area contributed by atoms with Crippen molar-refractivity contribution in [3.63, 3.8) is 0 Å². The molecule has 2 amide bonds. The lowest BCUT2D eigenvalue weighted by Gasteiger charge is -2.18. The molecule has 0 aromatic heterocycles. The lowest BCUT2D eigenvalue weighted by atomic mass is 10.1. The van der Waals surface area contributed by atoms with Crippen LogP contribution in [0.3, 0.4) is 0 Å². The zero-order valence-electron chi connectivity index (χ0n) is 12.8. The fourth-order valence-electron chi connectivity index (χ4n) is 1.76. The number of carbonyl (C=O) groups is 3. The number of benzene rings is 1. The van der Waals surface area contributed by atoms with Gasteiger partial charge in [-0.15, -0.1) is 0 Å². The number of nitrogens with one attached hydrogen (secondary N) is 2. The van der Waals surface area contributed by atoms with Crippen molar-refractivity contribution in [2.75, 3.05) is 13.7 Å². The molecule has 22 heavy (non-hydrogen) atoms. The number of rotatable bonds is 7. The van der Waals surface area contributed by atoms with Crippen molar-refractivity contribution >= 4 is 17.8 Å². The third kappa shape index (κ3) is 5.08. The molecule has 7 nitrogen and oxygen atoms in total. The molecule has 0 spiro atoms. The molecule has 0 saturated heterocycles. The van der Waals surface area contributed by atoms with E-state index in [9.17, 15) is 14.4 Å². The lowest BCUT2D eigenvalue weighted by Crippen LogP contribution is -2.48. The van der Waals surface area contributed by atoms with E-state index in [1.807, 2.05) is 0 Å². The summed E-state index contributed by atoms with van der Waals surface area (Å²) < 4.78 is 5.01. The van der Waals surface area contributed by atoms with Gasteiger partial charge >= 0.3 is 5.97 Å². The van der Waals surface area contributed by atoms with Crippen LogP contribution >= 0.6 is 0 Å². The molecule has 1 atom stereocenters. The zero-order valence-corrected chi connectivity index (χ0v) is 12.8. The van der Waals surface area contributed by atoms with Crippen molar-refractivity contribution in [3.05, 3.63) is 29.8 Å². The Bertz CT molecular complexity index is 557. The van der Waals surface area contributed by atoms with Crippen LogP contribution in [0.25, 0.3) is 0 Å². The quantitative estimate of drug-likeness (QED) is 0.686. The molecule has 1 aromatic carbocycles. The van der Waals surface area contributed by atoms with Crippen molar-refractivity contribution in [2.24, 2.45) is 5.92 Å². The summed E-state index contributed by atoms with van der Waals surface area (Å²) in [6.45, 7) is 3.08. The Kier molecular flexibility index (Phi) is 6.37. The molecule has 0 aliphatic carbocycles. The number of methoxy groups -OCH3 is 1. The van der Waals surface area contributed by atoms with Crippen LogP contribution < -0.4 is 15.4 Å².